The lowest BCUT2D eigenvalue weighted by atomic mass is 10.0. The zero-order chi connectivity index (χ0) is 16.2. The molecule has 0 amide bonds. The van der Waals surface area contributed by atoms with Crippen LogP contribution in [0.1, 0.15) is 24.1 Å². The molecule has 4 rings (SSSR count). The highest BCUT2D eigenvalue weighted by Crippen LogP contribution is 2.24. The second-order valence-corrected chi connectivity index (χ2v) is 6.52. The SMILES string of the molecule is c1ccc(-c2ccc(CCc3ccc(NC4CC4)cn3)cc2)cc1. The number of nitrogens with one attached hydrogen (secondary N) is 1. The standard InChI is InChI=1S/C22H22N2/c1-2-4-18(5-3-1)19-9-6-17(7-10-19)8-11-20-12-15-22(16-23-20)24-21-13-14-21/h1-7,9-10,12,15-16,21,24H,8,11,13-14H2. The summed E-state index contributed by atoms with van der Waals surface area (Å²) in [6, 6.07) is 24.4. The van der Waals surface area contributed by atoms with Crippen molar-refractivity contribution in [2.45, 2.75) is 31.7 Å². The number of hydrogen-bond donors (Lipinski definition) is 1. The number of anilines is 1. The summed E-state index contributed by atoms with van der Waals surface area (Å²) >= 11 is 0. The first kappa shape index (κ1) is 14.9. The van der Waals surface area contributed by atoms with Crippen LogP contribution in [0.25, 0.3) is 11.1 Å². The molecule has 1 heterocycles. The summed E-state index contributed by atoms with van der Waals surface area (Å²) in [6.07, 6.45) is 6.56. The van der Waals surface area contributed by atoms with Crippen LogP contribution in [-0.4, -0.2) is 11.0 Å². The largest absolute Gasteiger partial charge is 0.381 e. The van der Waals surface area contributed by atoms with E-state index in [0.29, 0.717) is 6.04 Å². The van der Waals surface area contributed by atoms with E-state index in [9.17, 15) is 0 Å². The fourth-order valence-electron chi connectivity index (χ4n) is 2.89. The van der Waals surface area contributed by atoms with E-state index in [-0.39, 0.29) is 0 Å². The second-order valence-electron chi connectivity index (χ2n) is 6.52. The maximum atomic E-state index is 4.58. The molecule has 0 spiro atoms. The second kappa shape index (κ2) is 6.88. The number of pyridine rings is 1. The van der Waals surface area contributed by atoms with Crippen LogP contribution in [0.3, 0.4) is 0 Å². The number of benzene rings is 2. The van der Waals surface area contributed by atoms with Crippen LogP contribution in [0.15, 0.2) is 72.9 Å². The van der Waals surface area contributed by atoms with Crippen molar-refractivity contribution in [1.82, 2.24) is 4.98 Å². The molecule has 1 N–H and O–H groups in total. The van der Waals surface area contributed by atoms with Crippen molar-refractivity contribution < 1.29 is 0 Å². The minimum Gasteiger partial charge on any atom is -0.381 e. The monoisotopic (exact) mass is 314 g/mol. The summed E-state index contributed by atoms with van der Waals surface area (Å²) in [5.41, 5.74) is 6.20. The van der Waals surface area contributed by atoms with Crippen LogP contribution in [0.5, 0.6) is 0 Å². The number of nitrogens with zero attached hydrogens (tertiary/aromatic N) is 1. The molecule has 0 radical (unpaired) electrons. The van der Waals surface area contributed by atoms with Gasteiger partial charge in [-0.05, 0) is 54.5 Å². The Morgan fingerprint density at radius 2 is 1.54 bits per heavy atom. The summed E-state index contributed by atoms with van der Waals surface area (Å²) in [6.45, 7) is 0. The molecule has 24 heavy (non-hydrogen) atoms. The molecule has 1 aliphatic rings. The minimum absolute atomic E-state index is 0.681. The molecule has 2 aromatic carbocycles. The smallest absolute Gasteiger partial charge is 0.0529 e. The van der Waals surface area contributed by atoms with Gasteiger partial charge in [-0.25, -0.2) is 0 Å². The first-order chi connectivity index (χ1) is 11.9. The van der Waals surface area contributed by atoms with Crippen molar-refractivity contribution in [3.8, 4) is 11.1 Å². The van der Waals surface area contributed by atoms with Gasteiger partial charge >= 0.3 is 0 Å². The highest BCUT2D eigenvalue weighted by atomic mass is 15.0. The van der Waals surface area contributed by atoms with Gasteiger partial charge in [-0.15, -0.1) is 0 Å². The average Bonchev–Trinajstić information content (AvgIpc) is 3.46. The van der Waals surface area contributed by atoms with Crippen LogP contribution in [0, 0.1) is 0 Å². The van der Waals surface area contributed by atoms with Gasteiger partial charge in [0.15, 0.2) is 0 Å². The van der Waals surface area contributed by atoms with Crippen LogP contribution in [0.2, 0.25) is 0 Å². The molecular formula is C22H22N2. The number of rotatable bonds is 6. The predicted octanol–water partition coefficient (Wildman–Crippen LogP) is 5.11. The van der Waals surface area contributed by atoms with E-state index in [1.807, 2.05) is 6.20 Å². The molecule has 2 nitrogen and oxygen atoms in total. The Labute approximate surface area is 143 Å². The molecule has 0 aliphatic heterocycles. The van der Waals surface area contributed by atoms with Crippen molar-refractivity contribution >= 4 is 5.69 Å². The Hall–Kier alpha value is -2.61. The Balaban J connectivity index is 1.35. The van der Waals surface area contributed by atoms with Gasteiger partial charge in [0.25, 0.3) is 0 Å². The Kier molecular flexibility index (Phi) is 4.28. The number of aryl methyl sites for hydroxylation is 2. The van der Waals surface area contributed by atoms with Gasteiger partial charge in [0.05, 0.1) is 11.9 Å². The zero-order valence-corrected chi connectivity index (χ0v) is 13.8. The highest BCUT2D eigenvalue weighted by Gasteiger charge is 2.20. The maximum Gasteiger partial charge on any atom is 0.0529 e. The summed E-state index contributed by atoms with van der Waals surface area (Å²) in [7, 11) is 0. The first-order valence-corrected chi connectivity index (χ1v) is 8.73. The zero-order valence-electron chi connectivity index (χ0n) is 13.8. The molecule has 1 fully saturated rings. The Bertz CT molecular complexity index is 772. The van der Waals surface area contributed by atoms with E-state index < -0.39 is 0 Å². The molecule has 2 heteroatoms. The van der Waals surface area contributed by atoms with Gasteiger partial charge in [0, 0.05) is 11.7 Å². The molecule has 3 aromatic rings. The molecule has 0 unspecified atom stereocenters. The minimum atomic E-state index is 0.681. The lowest BCUT2D eigenvalue weighted by Gasteiger charge is -2.06. The summed E-state index contributed by atoms with van der Waals surface area (Å²) in [5, 5.41) is 3.48. The van der Waals surface area contributed by atoms with Crippen molar-refractivity contribution in [2.75, 3.05) is 5.32 Å². The first-order valence-electron chi connectivity index (χ1n) is 8.73. The lowest BCUT2D eigenvalue weighted by Crippen LogP contribution is -2.02. The average molecular weight is 314 g/mol. The molecule has 1 saturated carbocycles. The van der Waals surface area contributed by atoms with E-state index in [0.717, 1.165) is 24.2 Å². The van der Waals surface area contributed by atoms with Gasteiger partial charge < -0.3 is 5.32 Å². The van der Waals surface area contributed by atoms with Crippen LogP contribution >= 0.6 is 0 Å². The number of aromatic nitrogens is 1. The summed E-state index contributed by atoms with van der Waals surface area (Å²) in [5.74, 6) is 0. The normalized spacial score (nSPS) is 13.7. The lowest BCUT2D eigenvalue weighted by molar-refractivity contribution is 0.913. The molecule has 120 valence electrons. The van der Waals surface area contributed by atoms with Gasteiger partial charge in [0.2, 0.25) is 0 Å². The van der Waals surface area contributed by atoms with Crippen molar-refractivity contribution in [3.63, 3.8) is 0 Å². The van der Waals surface area contributed by atoms with E-state index in [1.165, 1.54) is 29.5 Å². The van der Waals surface area contributed by atoms with Crippen molar-refractivity contribution in [3.05, 3.63) is 84.2 Å². The molecule has 1 aromatic heterocycles. The third kappa shape index (κ3) is 3.83. The summed E-state index contributed by atoms with van der Waals surface area (Å²) < 4.78 is 0. The van der Waals surface area contributed by atoms with E-state index in [4.69, 9.17) is 0 Å². The molecule has 0 bridgehead atoms. The molecule has 0 saturated heterocycles. The van der Waals surface area contributed by atoms with Gasteiger partial charge in [-0.1, -0.05) is 54.6 Å². The Morgan fingerprint density at radius 3 is 2.21 bits per heavy atom. The van der Waals surface area contributed by atoms with Gasteiger partial charge in [0.1, 0.15) is 0 Å². The Morgan fingerprint density at radius 1 is 0.792 bits per heavy atom. The van der Waals surface area contributed by atoms with Crippen molar-refractivity contribution in [2.24, 2.45) is 0 Å². The molecule has 1 aliphatic carbocycles. The van der Waals surface area contributed by atoms with Crippen LogP contribution in [-0.2, 0) is 12.8 Å². The van der Waals surface area contributed by atoms with E-state index in [2.05, 4.69) is 77.0 Å². The van der Waals surface area contributed by atoms with E-state index >= 15 is 0 Å². The quantitative estimate of drug-likeness (QED) is 0.684. The van der Waals surface area contributed by atoms with Gasteiger partial charge in [-0.3, -0.25) is 4.98 Å². The van der Waals surface area contributed by atoms with Gasteiger partial charge in [-0.2, -0.15) is 0 Å². The third-order valence-corrected chi connectivity index (χ3v) is 4.50. The van der Waals surface area contributed by atoms with Crippen LogP contribution in [0.4, 0.5) is 5.69 Å². The fraction of sp³-hybridized carbons (Fsp3) is 0.227. The van der Waals surface area contributed by atoms with E-state index in [1.54, 1.807) is 0 Å². The topological polar surface area (TPSA) is 24.9 Å². The fourth-order valence-corrected chi connectivity index (χ4v) is 2.89. The number of hydrogen-bond acceptors (Lipinski definition) is 2. The maximum absolute atomic E-state index is 4.58. The third-order valence-electron chi connectivity index (χ3n) is 4.50. The molecular weight excluding hydrogens is 292 g/mol. The predicted molar refractivity (Wildman–Crippen MR) is 100 cm³/mol. The summed E-state index contributed by atoms with van der Waals surface area (Å²) in [4.78, 5) is 4.58. The van der Waals surface area contributed by atoms with Crippen LogP contribution < -0.4 is 5.32 Å². The highest BCUT2D eigenvalue weighted by molar-refractivity contribution is 5.63. The molecule has 0 atom stereocenters. The van der Waals surface area contributed by atoms with Crippen molar-refractivity contribution in [1.29, 1.82) is 0 Å².